The number of aromatic nitrogens is 1. The Morgan fingerprint density at radius 1 is 1.19 bits per heavy atom. The minimum atomic E-state index is -0.920. The van der Waals surface area contributed by atoms with Gasteiger partial charge in [0.25, 0.3) is 0 Å². The number of amides is 1. The molecule has 1 aliphatic heterocycles. The first-order chi connectivity index (χ1) is 13.0. The molecule has 0 spiro atoms. The lowest BCUT2D eigenvalue weighted by molar-refractivity contribution is 0.0593. The molecule has 1 aliphatic carbocycles. The van der Waals surface area contributed by atoms with E-state index in [0.717, 1.165) is 0 Å². The Kier molecular flexibility index (Phi) is 4.18. The van der Waals surface area contributed by atoms with Gasteiger partial charge in [-0.05, 0) is 24.3 Å². The lowest BCUT2D eigenvalue weighted by Gasteiger charge is -2.17. The van der Waals surface area contributed by atoms with Crippen LogP contribution < -0.4 is 4.74 Å². The fourth-order valence-electron chi connectivity index (χ4n) is 3.51. The Hall–Kier alpha value is -3.16. The Morgan fingerprint density at radius 2 is 1.85 bits per heavy atom. The molecule has 2 atom stereocenters. The number of rotatable bonds is 4. The van der Waals surface area contributed by atoms with Crippen molar-refractivity contribution in [3.05, 3.63) is 47.9 Å². The van der Waals surface area contributed by atoms with Gasteiger partial charge in [0.05, 0.1) is 12.8 Å². The summed E-state index contributed by atoms with van der Waals surface area (Å²) in [6, 6.07) is 8.95. The fraction of sp³-hybridized carbons (Fsp3) is 0.316. The van der Waals surface area contributed by atoms with Crippen LogP contribution in [-0.4, -0.2) is 53.4 Å². The summed E-state index contributed by atoms with van der Waals surface area (Å²) < 4.78 is 23.9. The van der Waals surface area contributed by atoms with Gasteiger partial charge >= 0.3 is 12.1 Å². The zero-order valence-electron chi connectivity index (χ0n) is 14.5. The molecule has 4 rings (SSSR count). The highest BCUT2D eigenvalue weighted by molar-refractivity contribution is 5.88. The number of likely N-dealkylation sites (tertiary alicyclic amines) is 1. The molecule has 8 heteroatoms. The van der Waals surface area contributed by atoms with Crippen molar-refractivity contribution in [2.75, 3.05) is 20.2 Å². The van der Waals surface area contributed by atoms with E-state index >= 15 is 0 Å². The number of piperidine rings is 1. The number of methoxy groups -OCH3 is 1. The fourth-order valence-corrected chi connectivity index (χ4v) is 3.51. The van der Waals surface area contributed by atoms with Crippen molar-refractivity contribution in [3.8, 4) is 17.0 Å². The number of benzene rings is 1. The SMILES string of the molecule is COC(=O)c1cc(OC2C3CN(C(=O)O)CC32)cc(-c2ccc(F)cc2)n1. The topological polar surface area (TPSA) is 89.0 Å². The number of ether oxygens (including phenoxy) is 2. The van der Waals surface area contributed by atoms with Crippen LogP contribution in [0, 0.1) is 17.7 Å². The number of halogens is 1. The molecule has 1 N–H and O–H groups in total. The third kappa shape index (κ3) is 3.30. The first-order valence-electron chi connectivity index (χ1n) is 8.47. The molecule has 2 heterocycles. The van der Waals surface area contributed by atoms with Crippen LogP contribution in [0.4, 0.5) is 9.18 Å². The number of esters is 1. The standard InChI is InChI=1S/C19H17FN2O5/c1-26-18(23)16-7-12(6-15(21-16)10-2-4-11(20)5-3-10)27-17-13-8-22(19(24)25)9-14(13)17/h2-7,13-14,17H,8-9H2,1H3,(H,24,25). The van der Waals surface area contributed by atoms with Gasteiger partial charge in [-0.25, -0.2) is 19.0 Å². The minimum Gasteiger partial charge on any atom is -0.490 e. The molecule has 0 bridgehead atoms. The largest absolute Gasteiger partial charge is 0.490 e. The van der Waals surface area contributed by atoms with Gasteiger partial charge in [0.2, 0.25) is 0 Å². The molecular weight excluding hydrogens is 355 g/mol. The van der Waals surface area contributed by atoms with Crippen molar-refractivity contribution in [2.45, 2.75) is 6.10 Å². The average Bonchev–Trinajstić information content (AvgIpc) is 3.10. The van der Waals surface area contributed by atoms with Crippen LogP contribution in [0.5, 0.6) is 5.75 Å². The maximum Gasteiger partial charge on any atom is 0.407 e. The van der Waals surface area contributed by atoms with Gasteiger partial charge < -0.3 is 19.5 Å². The Bertz CT molecular complexity index is 889. The molecule has 2 aliphatic rings. The van der Waals surface area contributed by atoms with Crippen LogP contribution in [0.1, 0.15) is 10.5 Å². The summed E-state index contributed by atoms with van der Waals surface area (Å²) in [5.41, 5.74) is 1.19. The van der Waals surface area contributed by atoms with E-state index in [2.05, 4.69) is 4.98 Å². The summed E-state index contributed by atoms with van der Waals surface area (Å²) in [5.74, 6) is -0.203. The molecule has 7 nitrogen and oxygen atoms in total. The molecule has 1 saturated heterocycles. The second-order valence-corrected chi connectivity index (χ2v) is 6.67. The first kappa shape index (κ1) is 17.3. The molecule has 2 unspecified atom stereocenters. The number of nitrogens with zero attached hydrogens (tertiary/aromatic N) is 2. The van der Waals surface area contributed by atoms with E-state index in [1.165, 1.54) is 30.2 Å². The van der Waals surface area contributed by atoms with Gasteiger partial charge in [0.1, 0.15) is 17.7 Å². The summed E-state index contributed by atoms with van der Waals surface area (Å²) >= 11 is 0. The molecule has 140 valence electrons. The first-order valence-corrected chi connectivity index (χ1v) is 8.47. The molecule has 27 heavy (non-hydrogen) atoms. The van der Waals surface area contributed by atoms with E-state index in [-0.39, 0.29) is 29.5 Å². The Labute approximate surface area is 154 Å². The Balaban J connectivity index is 1.57. The van der Waals surface area contributed by atoms with Crippen molar-refractivity contribution in [2.24, 2.45) is 11.8 Å². The maximum absolute atomic E-state index is 13.2. The second-order valence-electron chi connectivity index (χ2n) is 6.67. The smallest absolute Gasteiger partial charge is 0.407 e. The van der Waals surface area contributed by atoms with Crippen LogP contribution >= 0.6 is 0 Å². The number of fused-ring (bicyclic) bond motifs is 1. The van der Waals surface area contributed by atoms with Gasteiger partial charge in [-0.15, -0.1) is 0 Å². The highest BCUT2D eigenvalue weighted by atomic mass is 19.1. The zero-order valence-corrected chi connectivity index (χ0v) is 14.5. The molecule has 1 amide bonds. The van der Waals surface area contributed by atoms with Crippen LogP contribution in [0.15, 0.2) is 36.4 Å². The number of hydrogen-bond donors (Lipinski definition) is 1. The minimum absolute atomic E-state index is 0.0884. The number of carboxylic acid groups (broad SMARTS) is 1. The summed E-state index contributed by atoms with van der Waals surface area (Å²) in [7, 11) is 1.26. The quantitative estimate of drug-likeness (QED) is 0.830. The van der Waals surface area contributed by atoms with Crippen molar-refractivity contribution < 1.29 is 28.6 Å². The molecule has 1 saturated carbocycles. The number of carbonyl (C=O) groups is 2. The second kappa shape index (κ2) is 6.53. The zero-order chi connectivity index (χ0) is 19.1. The van der Waals surface area contributed by atoms with Gasteiger partial charge in [-0.3, -0.25) is 0 Å². The predicted molar refractivity (Wildman–Crippen MR) is 92.0 cm³/mol. The van der Waals surface area contributed by atoms with E-state index < -0.39 is 12.1 Å². The summed E-state index contributed by atoms with van der Waals surface area (Å²) in [5, 5.41) is 9.03. The number of hydrogen-bond acceptors (Lipinski definition) is 5. The average molecular weight is 372 g/mol. The maximum atomic E-state index is 13.2. The summed E-state index contributed by atoms with van der Waals surface area (Å²) in [4.78, 5) is 28.6. The van der Waals surface area contributed by atoms with Gasteiger partial charge in [0.15, 0.2) is 5.69 Å². The molecule has 2 fully saturated rings. The molecule has 2 aromatic rings. The normalized spacial score (nSPS) is 22.9. The van der Waals surface area contributed by atoms with Gasteiger partial charge in [-0.2, -0.15) is 0 Å². The van der Waals surface area contributed by atoms with Crippen molar-refractivity contribution in [1.82, 2.24) is 9.88 Å². The van der Waals surface area contributed by atoms with Gasteiger partial charge in [0, 0.05) is 42.6 Å². The van der Waals surface area contributed by atoms with Crippen LogP contribution in [0.3, 0.4) is 0 Å². The predicted octanol–water partition coefficient (Wildman–Crippen LogP) is 2.66. The van der Waals surface area contributed by atoms with E-state index in [1.807, 2.05) is 0 Å². The lowest BCUT2D eigenvalue weighted by Crippen LogP contribution is -2.31. The van der Waals surface area contributed by atoms with E-state index in [1.54, 1.807) is 18.2 Å². The lowest BCUT2D eigenvalue weighted by atomic mass is 10.1. The van der Waals surface area contributed by atoms with Crippen LogP contribution in [0.2, 0.25) is 0 Å². The van der Waals surface area contributed by atoms with Crippen LogP contribution in [0.25, 0.3) is 11.3 Å². The number of pyridine rings is 1. The van der Waals surface area contributed by atoms with E-state index in [4.69, 9.17) is 14.6 Å². The van der Waals surface area contributed by atoms with Crippen molar-refractivity contribution >= 4 is 12.1 Å². The summed E-state index contributed by atoms with van der Waals surface area (Å²) in [6.45, 7) is 0.898. The van der Waals surface area contributed by atoms with Crippen molar-refractivity contribution in [1.29, 1.82) is 0 Å². The molecule has 1 aromatic carbocycles. The molecular formula is C19H17FN2O5. The highest BCUT2D eigenvalue weighted by Crippen LogP contribution is 2.48. The highest BCUT2D eigenvalue weighted by Gasteiger charge is 2.59. The monoisotopic (exact) mass is 372 g/mol. The summed E-state index contributed by atoms with van der Waals surface area (Å²) in [6.07, 6.45) is -1.01. The van der Waals surface area contributed by atoms with Crippen LogP contribution in [-0.2, 0) is 4.74 Å². The van der Waals surface area contributed by atoms with Crippen molar-refractivity contribution in [3.63, 3.8) is 0 Å². The Morgan fingerprint density at radius 3 is 2.44 bits per heavy atom. The van der Waals surface area contributed by atoms with Gasteiger partial charge in [-0.1, -0.05) is 0 Å². The molecule has 0 radical (unpaired) electrons. The number of carbonyl (C=O) groups excluding carboxylic acids is 1. The van der Waals surface area contributed by atoms with E-state index in [9.17, 15) is 14.0 Å². The molecule has 1 aromatic heterocycles. The van der Waals surface area contributed by atoms with E-state index in [0.29, 0.717) is 30.1 Å². The third-order valence-electron chi connectivity index (χ3n) is 4.99. The third-order valence-corrected chi connectivity index (χ3v) is 4.99.